The van der Waals surface area contributed by atoms with Crippen molar-refractivity contribution in [3.63, 3.8) is 0 Å². The largest absolute Gasteiger partial charge is 0.468 e. The van der Waals surface area contributed by atoms with Gasteiger partial charge in [-0.1, -0.05) is 0 Å². The summed E-state index contributed by atoms with van der Waals surface area (Å²) < 4.78 is 9.73. The minimum atomic E-state index is -0.660. The Bertz CT molecular complexity index is 403. The molecule has 21 heavy (non-hydrogen) atoms. The van der Waals surface area contributed by atoms with Crippen molar-refractivity contribution >= 4 is 18.0 Å². The van der Waals surface area contributed by atoms with Gasteiger partial charge in [-0.3, -0.25) is 9.59 Å². The summed E-state index contributed by atoms with van der Waals surface area (Å²) >= 11 is 0. The fourth-order valence-corrected chi connectivity index (χ4v) is 2.07. The third-order valence-corrected chi connectivity index (χ3v) is 3.02. The van der Waals surface area contributed by atoms with Crippen LogP contribution < -0.4 is 5.32 Å². The van der Waals surface area contributed by atoms with E-state index in [1.807, 2.05) is 0 Å². The van der Waals surface area contributed by atoms with Crippen LogP contribution in [0.4, 0.5) is 4.79 Å². The molecule has 1 heterocycles. The molecule has 1 N–H and O–H groups in total. The zero-order valence-corrected chi connectivity index (χ0v) is 13.1. The predicted molar refractivity (Wildman–Crippen MR) is 75.6 cm³/mol. The molecule has 1 aliphatic rings. The third kappa shape index (κ3) is 6.01. The molecule has 0 aromatic rings. The van der Waals surface area contributed by atoms with Crippen LogP contribution in [0.3, 0.4) is 0 Å². The van der Waals surface area contributed by atoms with E-state index in [0.717, 1.165) is 12.8 Å². The summed E-state index contributed by atoms with van der Waals surface area (Å²) in [5.41, 5.74) is -0.621. The second kappa shape index (κ2) is 7.28. The number of carbonyl (C=O) groups excluding carboxylic acids is 3. The third-order valence-electron chi connectivity index (χ3n) is 3.02. The fraction of sp³-hybridized carbons (Fsp3) is 0.786. The normalized spacial score (nSPS) is 19.7. The topological polar surface area (TPSA) is 84.9 Å². The van der Waals surface area contributed by atoms with Gasteiger partial charge in [0, 0.05) is 6.54 Å². The molecule has 0 spiro atoms. The van der Waals surface area contributed by atoms with Gasteiger partial charge in [-0.2, -0.15) is 0 Å². The molecule has 0 radical (unpaired) electrons. The monoisotopic (exact) mass is 300 g/mol. The van der Waals surface area contributed by atoms with Crippen molar-refractivity contribution in [3.8, 4) is 0 Å². The summed E-state index contributed by atoms with van der Waals surface area (Å²) in [5, 5.41) is 2.58. The SMILES string of the molecule is COC(=O)CN1CCCC[C@H](NC(=O)OC(C)(C)C)C1=O. The Balaban J connectivity index is 2.65. The Hall–Kier alpha value is -1.79. The predicted octanol–water partition coefficient (Wildman–Crippen LogP) is 1.07. The van der Waals surface area contributed by atoms with Gasteiger partial charge in [0.1, 0.15) is 18.2 Å². The molecule has 1 aliphatic heterocycles. The van der Waals surface area contributed by atoms with Gasteiger partial charge < -0.3 is 19.7 Å². The summed E-state index contributed by atoms with van der Waals surface area (Å²) in [6.07, 6.45) is 1.50. The first-order valence-electron chi connectivity index (χ1n) is 7.08. The lowest BCUT2D eigenvalue weighted by molar-refractivity contribution is -0.147. The number of nitrogens with zero attached hydrogens (tertiary/aromatic N) is 1. The summed E-state index contributed by atoms with van der Waals surface area (Å²) in [5.74, 6) is -0.745. The Labute approximate surface area is 124 Å². The molecule has 120 valence electrons. The van der Waals surface area contributed by atoms with E-state index in [4.69, 9.17) is 4.74 Å². The Morgan fingerprint density at radius 2 is 2.00 bits per heavy atom. The number of alkyl carbamates (subject to hydrolysis) is 1. The molecule has 7 heteroatoms. The lowest BCUT2D eigenvalue weighted by Crippen LogP contribution is -2.49. The van der Waals surface area contributed by atoms with E-state index in [9.17, 15) is 14.4 Å². The van der Waals surface area contributed by atoms with Crippen molar-refractivity contribution in [2.75, 3.05) is 20.2 Å². The number of nitrogens with one attached hydrogen (secondary N) is 1. The summed E-state index contributed by atoms with van der Waals surface area (Å²) in [4.78, 5) is 36.9. The van der Waals surface area contributed by atoms with Gasteiger partial charge in [0.25, 0.3) is 0 Å². The smallest absolute Gasteiger partial charge is 0.408 e. The first-order valence-corrected chi connectivity index (χ1v) is 7.08. The first-order chi connectivity index (χ1) is 9.73. The van der Waals surface area contributed by atoms with Crippen LogP contribution >= 0.6 is 0 Å². The zero-order chi connectivity index (χ0) is 16.0. The molecule has 0 aromatic carbocycles. The molecule has 2 amide bonds. The number of likely N-dealkylation sites (tertiary alicyclic amines) is 1. The van der Waals surface area contributed by atoms with Gasteiger partial charge in [0.2, 0.25) is 5.91 Å². The van der Waals surface area contributed by atoms with Gasteiger partial charge in [-0.25, -0.2) is 4.79 Å². The van der Waals surface area contributed by atoms with Crippen molar-refractivity contribution in [1.29, 1.82) is 0 Å². The maximum absolute atomic E-state index is 12.3. The minimum Gasteiger partial charge on any atom is -0.468 e. The average Bonchev–Trinajstić information content (AvgIpc) is 2.52. The van der Waals surface area contributed by atoms with Crippen LogP contribution in [0.1, 0.15) is 40.0 Å². The highest BCUT2D eigenvalue weighted by Crippen LogP contribution is 2.14. The molecular weight excluding hydrogens is 276 g/mol. The molecule has 7 nitrogen and oxygen atoms in total. The summed E-state index contributed by atoms with van der Waals surface area (Å²) in [6.45, 7) is 5.66. The Morgan fingerprint density at radius 1 is 1.33 bits per heavy atom. The lowest BCUT2D eigenvalue weighted by Gasteiger charge is -2.25. The summed E-state index contributed by atoms with van der Waals surface area (Å²) in [7, 11) is 1.28. The minimum absolute atomic E-state index is 0.0954. The molecule has 0 bridgehead atoms. The van der Waals surface area contributed by atoms with E-state index in [2.05, 4.69) is 10.1 Å². The number of hydrogen-bond donors (Lipinski definition) is 1. The average molecular weight is 300 g/mol. The van der Waals surface area contributed by atoms with Crippen molar-refractivity contribution < 1.29 is 23.9 Å². The van der Waals surface area contributed by atoms with Crippen LogP contribution in [-0.4, -0.2) is 54.7 Å². The van der Waals surface area contributed by atoms with Crippen molar-refractivity contribution in [2.24, 2.45) is 0 Å². The van der Waals surface area contributed by atoms with Crippen LogP contribution in [-0.2, 0) is 19.1 Å². The van der Waals surface area contributed by atoms with Crippen molar-refractivity contribution in [2.45, 2.75) is 51.7 Å². The van der Waals surface area contributed by atoms with Crippen LogP contribution in [0, 0.1) is 0 Å². The van der Waals surface area contributed by atoms with E-state index in [-0.39, 0.29) is 12.5 Å². The quantitative estimate of drug-likeness (QED) is 0.788. The van der Waals surface area contributed by atoms with Crippen LogP contribution in [0.25, 0.3) is 0 Å². The maximum Gasteiger partial charge on any atom is 0.408 e. The van der Waals surface area contributed by atoms with E-state index in [1.165, 1.54) is 12.0 Å². The highest BCUT2D eigenvalue weighted by molar-refractivity contribution is 5.88. The highest BCUT2D eigenvalue weighted by atomic mass is 16.6. The van der Waals surface area contributed by atoms with E-state index in [0.29, 0.717) is 13.0 Å². The molecular formula is C14H24N2O5. The van der Waals surface area contributed by atoms with E-state index >= 15 is 0 Å². The van der Waals surface area contributed by atoms with Crippen LogP contribution in [0.2, 0.25) is 0 Å². The van der Waals surface area contributed by atoms with E-state index < -0.39 is 23.7 Å². The molecule has 1 saturated heterocycles. The Kier molecular flexibility index (Phi) is 5.99. The zero-order valence-electron chi connectivity index (χ0n) is 13.1. The lowest BCUT2D eigenvalue weighted by atomic mass is 10.1. The van der Waals surface area contributed by atoms with E-state index in [1.54, 1.807) is 20.8 Å². The van der Waals surface area contributed by atoms with Gasteiger partial charge in [0.05, 0.1) is 7.11 Å². The fourth-order valence-electron chi connectivity index (χ4n) is 2.07. The molecule has 0 saturated carbocycles. The summed E-state index contributed by atoms with van der Waals surface area (Å²) in [6, 6.07) is -0.660. The number of hydrogen-bond acceptors (Lipinski definition) is 5. The molecule has 0 aliphatic carbocycles. The van der Waals surface area contributed by atoms with Gasteiger partial charge in [-0.05, 0) is 40.0 Å². The number of esters is 1. The van der Waals surface area contributed by atoms with Crippen LogP contribution in [0.15, 0.2) is 0 Å². The van der Waals surface area contributed by atoms with Gasteiger partial charge in [0.15, 0.2) is 0 Å². The number of methoxy groups -OCH3 is 1. The maximum atomic E-state index is 12.3. The molecule has 1 atom stereocenters. The molecule has 0 aromatic heterocycles. The molecule has 1 fully saturated rings. The second-order valence-electron chi connectivity index (χ2n) is 6.03. The standard InChI is InChI=1S/C14H24N2O5/c1-14(2,3)21-13(19)15-10-7-5-6-8-16(12(10)18)9-11(17)20-4/h10H,5-9H2,1-4H3,(H,15,19)/t10-/m0/s1. The number of amides is 2. The number of rotatable bonds is 3. The number of ether oxygens (including phenoxy) is 2. The number of carbonyl (C=O) groups is 3. The van der Waals surface area contributed by atoms with Crippen molar-refractivity contribution in [1.82, 2.24) is 10.2 Å². The van der Waals surface area contributed by atoms with Crippen LogP contribution in [0.5, 0.6) is 0 Å². The Morgan fingerprint density at radius 3 is 2.57 bits per heavy atom. The first kappa shape index (κ1) is 17.3. The second-order valence-corrected chi connectivity index (χ2v) is 6.03. The van der Waals surface area contributed by atoms with Gasteiger partial charge >= 0.3 is 12.1 Å². The molecule has 1 rings (SSSR count). The molecule has 0 unspecified atom stereocenters. The van der Waals surface area contributed by atoms with Gasteiger partial charge in [-0.15, -0.1) is 0 Å². The highest BCUT2D eigenvalue weighted by Gasteiger charge is 2.30. The van der Waals surface area contributed by atoms with Crippen molar-refractivity contribution in [3.05, 3.63) is 0 Å².